The van der Waals surface area contributed by atoms with E-state index in [4.69, 9.17) is 21.9 Å². The minimum atomic E-state index is -1.12. The van der Waals surface area contributed by atoms with E-state index < -0.39 is 90.6 Å². The number of hydrazine groups is 1. The van der Waals surface area contributed by atoms with E-state index in [1.165, 1.54) is 0 Å². The molecule has 0 unspecified atom stereocenters. The second-order valence-corrected chi connectivity index (χ2v) is 11.7. The van der Waals surface area contributed by atoms with Crippen molar-refractivity contribution in [1.29, 1.82) is 0 Å². The molecule has 19 nitrogen and oxygen atoms in total. The Morgan fingerprint density at radius 2 is 1.22 bits per heavy atom. The molecule has 2 atom stereocenters. The average molecular weight is 659 g/mol. The Labute approximate surface area is 267 Å². The number of nitrogens with one attached hydrogen (secondary N) is 7. The molecule has 0 saturated heterocycles. The normalized spacial score (nSPS) is 12.6. The van der Waals surface area contributed by atoms with Crippen LogP contribution in [0.2, 0.25) is 0 Å². The number of nitrogens with two attached hydrogens (primary N) is 3. The fourth-order valence-electron chi connectivity index (χ4n) is 3.40. The second-order valence-electron chi connectivity index (χ2n) is 11.7. The molecule has 262 valence electrons. The molecule has 0 spiro atoms. The Balaban J connectivity index is 4.42. The van der Waals surface area contributed by atoms with Gasteiger partial charge in [-0.15, -0.1) is 0 Å². The maximum atomic E-state index is 12.8. The number of carbonyl (C=O) groups excluding carboxylic acids is 8. The van der Waals surface area contributed by atoms with Crippen molar-refractivity contribution in [3.63, 3.8) is 0 Å². The third-order valence-corrected chi connectivity index (χ3v) is 5.61. The minimum absolute atomic E-state index is 0.0432. The molecular weight excluding hydrogens is 608 g/mol. The zero-order valence-electron chi connectivity index (χ0n) is 27.1. The Bertz CT molecular complexity index is 1080. The van der Waals surface area contributed by atoms with Gasteiger partial charge in [-0.1, -0.05) is 13.8 Å². The Kier molecular flexibility index (Phi) is 19.9. The molecule has 0 heterocycles. The van der Waals surface area contributed by atoms with Gasteiger partial charge in [-0.2, -0.15) is 0 Å². The highest BCUT2D eigenvalue weighted by Crippen LogP contribution is 2.08. The number of Topliss-reactive ketones (excluding diaryl/α,β-unsaturated/α-hetero) is 3. The molecule has 0 rings (SSSR count). The van der Waals surface area contributed by atoms with Crippen molar-refractivity contribution in [2.24, 2.45) is 23.1 Å². The highest BCUT2D eigenvalue weighted by Gasteiger charge is 2.29. The number of ketones is 3. The molecule has 0 aliphatic carbocycles. The summed E-state index contributed by atoms with van der Waals surface area (Å²) in [6.45, 7) is 6.38. The largest absolute Gasteiger partial charge is 0.454 e. The molecule has 0 aromatic carbocycles. The number of hydrogen-bond donors (Lipinski definition) is 10. The lowest BCUT2D eigenvalue weighted by atomic mass is 9.97. The molecule has 0 aliphatic rings. The number of hydrogen-bond acceptors (Lipinski definition) is 15. The average Bonchev–Trinajstić information content (AvgIpc) is 2.95. The predicted molar refractivity (Wildman–Crippen MR) is 165 cm³/mol. The molecule has 0 bridgehead atoms. The first kappa shape index (κ1) is 42.1. The van der Waals surface area contributed by atoms with Gasteiger partial charge >= 0.3 is 5.97 Å². The van der Waals surface area contributed by atoms with Crippen LogP contribution in [0.5, 0.6) is 0 Å². The fraction of sp³-hybridized carbons (Fsp3) is 0.704. The highest BCUT2D eigenvalue weighted by molar-refractivity contribution is 6.40. The van der Waals surface area contributed by atoms with E-state index in [1.807, 2.05) is 13.8 Å². The standard InChI is InChI=1S/C27H50N10O9/c1-15(2)9-17(37-24(44)16(28)7-6-8-31-26(29)30)23(43)18(38)10-32-21(41)13-35-36-14-22(42)34-12-20(40)33-11-19(39)25(45)46-27(3,4)5/h15-17,26,31,35-36H,6-14,28-30H2,1-5H3,(H,32,41)(H,33,40)(H,34,42)(H,37,44)/t16-,17-/m0/s1. The molecule has 0 aromatic rings. The van der Waals surface area contributed by atoms with E-state index in [1.54, 1.807) is 20.8 Å². The van der Waals surface area contributed by atoms with E-state index in [0.717, 1.165) is 0 Å². The van der Waals surface area contributed by atoms with Crippen LogP contribution in [0, 0.1) is 5.92 Å². The molecule has 13 N–H and O–H groups in total. The fourth-order valence-corrected chi connectivity index (χ4v) is 3.40. The van der Waals surface area contributed by atoms with Crippen molar-refractivity contribution in [3.05, 3.63) is 0 Å². The topological polar surface area (TPSA) is 308 Å². The summed E-state index contributed by atoms with van der Waals surface area (Å²) >= 11 is 0. The quantitative estimate of drug-likeness (QED) is 0.0161. The smallest absolute Gasteiger partial charge is 0.377 e. The van der Waals surface area contributed by atoms with Crippen LogP contribution < -0.4 is 54.6 Å². The summed E-state index contributed by atoms with van der Waals surface area (Å²) in [4.78, 5) is 96.8. The minimum Gasteiger partial charge on any atom is -0.454 e. The summed E-state index contributed by atoms with van der Waals surface area (Å²) in [6, 6.07) is -2.04. The van der Waals surface area contributed by atoms with Gasteiger partial charge in [-0.05, 0) is 52.5 Å². The van der Waals surface area contributed by atoms with Crippen LogP contribution in [0.15, 0.2) is 0 Å². The summed E-state index contributed by atoms with van der Waals surface area (Å²) in [5.41, 5.74) is 20.7. The van der Waals surface area contributed by atoms with Crippen LogP contribution in [0.3, 0.4) is 0 Å². The first-order valence-corrected chi connectivity index (χ1v) is 14.7. The van der Waals surface area contributed by atoms with Crippen molar-refractivity contribution in [3.8, 4) is 0 Å². The summed E-state index contributed by atoms with van der Waals surface area (Å²) in [6.07, 6.45) is 0.270. The van der Waals surface area contributed by atoms with Crippen LogP contribution in [-0.4, -0.2) is 110 Å². The molecule has 0 saturated carbocycles. The Hall–Kier alpha value is -3.88. The highest BCUT2D eigenvalue weighted by atomic mass is 16.6. The summed E-state index contributed by atoms with van der Waals surface area (Å²) in [5.74, 6) is -6.55. The van der Waals surface area contributed by atoms with Crippen LogP contribution in [0.1, 0.15) is 53.9 Å². The SMILES string of the molecule is CC(C)C[C@H](NC(=O)[C@@H](N)CCCNC(N)N)C(=O)C(=O)CNC(=O)CNNCC(=O)NCC(=O)NCC(=O)C(=O)OC(C)(C)C. The van der Waals surface area contributed by atoms with Gasteiger partial charge in [0.05, 0.1) is 44.8 Å². The third kappa shape index (κ3) is 21.0. The van der Waals surface area contributed by atoms with Gasteiger partial charge in [0, 0.05) is 0 Å². The lowest BCUT2D eigenvalue weighted by molar-refractivity contribution is -0.162. The number of amides is 4. The molecule has 19 heteroatoms. The van der Waals surface area contributed by atoms with Crippen molar-refractivity contribution in [1.82, 2.24) is 37.4 Å². The molecule has 4 amide bonds. The van der Waals surface area contributed by atoms with Crippen molar-refractivity contribution in [2.75, 3.05) is 39.3 Å². The maximum Gasteiger partial charge on any atom is 0.377 e. The lowest BCUT2D eigenvalue weighted by Gasteiger charge is -2.21. The molecule has 46 heavy (non-hydrogen) atoms. The third-order valence-electron chi connectivity index (χ3n) is 5.61. The summed E-state index contributed by atoms with van der Waals surface area (Å²) < 4.78 is 4.89. The van der Waals surface area contributed by atoms with E-state index in [9.17, 15) is 38.4 Å². The summed E-state index contributed by atoms with van der Waals surface area (Å²) in [5, 5.41) is 12.0. The van der Waals surface area contributed by atoms with Gasteiger partial charge in [0.25, 0.3) is 5.78 Å². The predicted octanol–water partition coefficient (Wildman–Crippen LogP) is -5.09. The lowest BCUT2D eigenvalue weighted by Crippen LogP contribution is -2.52. The summed E-state index contributed by atoms with van der Waals surface area (Å²) in [7, 11) is 0. The van der Waals surface area contributed by atoms with Gasteiger partial charge < -0.3 is 43.2 Å². The van der Waals surface area contributed by atoms with Gasteiger partial charge in [-0.3, -0.25) is 38.9 Å². The van der Waals surface area contributed by atoms with Crippen LogP contribution in [0.25, 0.3) is 0 Å². The van der Waals surface area contributed by atoms with Crippen molar-refractivity contribution in [2.45, 2.75) is 77.9 Å². The molecule has 0 fully saturated rings. The number of esters is 1. The number of carbonyl (C=O) groups is 8. The van der Waals surface area contributed by atoms with E-state index in [-0.39, 0.29) is 31.8 Å². The van der Waals surface area contributed by atoms with E-state index in [0.29, 0.717) is 13.0 Å². The maximum absolute atomic E-state index is 12.8. The number of rotatable bonds is 23. The van der Waals surface area contributed by atoms with E-state index in [2.05, 4.69) is 37.4 Å². The molecule has 0 aromatic heterocycles. The first-order chi connectivity index (χ1) is 21.3. The molecule has 0 radical (unpaired) electrons. The Morgan fingerprint density at radius 3 is 1.72 bits per heavy atom. The zero-order valence-corrected chi connectivity index (χ0v) is 27.1. The van der Waals surface area contributed by atoms with Gasteiger partial charge in [0.2, 0.25) is 35.2 Å². The zero-order chi connectivity index (χ0) is 35.4. The van der Waals surface area contributed by atoms with E-state index >= 15 is 0 Å². The number of ether oxygens (including phenoxy) is 1. The second kappa shape index (κ2) is 21.8. The monoisotopic (exact) mass is 658 g/mol. The molecular formula is C27H50N10O9. The first-order valence-electron chi connectivity index (χ1n) is 14.7. The van der Waals surface area contributed by atoms with Gasteiger partial charge in [0.15, 0.2) is 0 Å². The van der Waals surface area contributed by atoms with Crippen LogP contribution in [0.4, 0.5) is 0 Å². The van der Waals surface area contributed by atoms with Crippen LogP contribution in [-0.2, 0) is 43.1 Å². The van der Waals surface area contributed by atoms with Gasteiger partial charge in [0.1, 0.15) is 11.9 Å². The Morgan fingerprint density at radius 1 is 0.717 bits per heavy atom. The van der Waals surface area contributed by atoms with Gasteiger partial charge in [-0.25, -0.2) is 15.6 Å². The van der Waals surface area contributed by atoms with Crippen LogP contribution >= 0.6 is 0 Å². The van der Waals surface area contributed by atoms with Crippen molar-refractivity contribution < 1.29 is 43.1 Å². The van der Waals surface area contributed by atoms with Crippen molar-refractivity contribution >= 4 is 46.9 Å². The molecule has 0 aliphatic heterocycles.